The molecule has 0 aliphatic carbocycles. The molecule has 4 nitrogen and oxygen atoms in total. The topological polar surface area (TPSA) is 49.4 Å². The first-order valence-electron chi connectivity index (χ1n) is 8.98. The van der Waals surface area contributed by atoms with E-state index in [2.05, 4.69) is 5.32 Å². The van der Waals surface area contributed by atoms with Gasteiger partial charge in [-0.15, -0.1) is 11.8 Å². The first-order chi connectivity index (χ1) is 13.0. The van der Waals surface area contributed by atoms with Crippen molar-refractivity contribution in [2.45, 2.75) is 30.7 Å². The van der Waals surface area contributed by atoms with E-state index in [1.165, 1.54) is 11.8 Å². The summed E-state index contributed by atoms with van der Waals surface area (Å²) in [6.07, 6.45) is 1.29. The van der Waals surface area contributed by atoms with Crippen LogP contribution in [0.2, 0.25) is 5.02 Å². The molecule has 6 heteroatoms. The highest BCUT2D eigenvalue weighted by Crippen LogP contribution is 2.21. The monoisotopic (exact) mass is 404 g/mol. The quantitative estimate of drug-likeness (QED) is 0.642. The van der Waals surface area contributed by atoms with Crippen LogP contribution in [0.4, 0.5) is 0 Å². The largest absolute Gasteiger partial charge is 0.357 e. The number of nitrogens with one attached hydrogen (secondary N) is 1. The van der Waals surface area contributed by atoms with E-state index in [1.54, 1.807) is 24.1 Å². The predicted octanol–water partition coefficient (Wildman–Crippen LogP) is 4.03. The van der Waals surface area contributed by atoms with Gasteiger partial charge in [-0.25, -0.2) is 0 Å². The van der Waals surface area contributed by atoms with Crippen LogP contribution in [0.3, 0.4) is 0 Å². The van der Waals surface area contributed by atoms with Crippen LogP contribution >= 0.6 is 23.4 Å². The van der Waals surface area contributed by atoms with E-state index >= 15 is 0 Å². The zero-order valence-corrected chi connectivity index (χ0v) is 17.2. The van der Waals surface area contributed by atoms with Crippen molar-refractivity contribution in [3.8, 4) is 0 Å². The van der Waals surface area contributed by atoms with Gasteiger partial charge in [-0.1, -0.05) is 48.9 Å². The molecular formula is C21H25ClN2O2S. The van der Waals surface area contributed by atoms with E-state index in [4.69, 9.17) is 11.6 Å². The molecule has 144 valence electrons. The van der Waals surface area contributed by atoms with Crippen LogP contribution in [0.15, 0.2) is 59.5 Å². The van der Waals surface area contributed by atoms with Gasteiger partial charge in [-0.3, -0.25) is 9.59 Å². The summed E-state index contributed by atoms with van der Waals surface area (Å²) in [4.78, 5) is 27.9. The molecule has 2 amide bonds. The van der Waals surface area contributed by atoms with Crippen LogP contribution in [0.1, 0.15) is 18.9 Å². The van der Waals surface area contributed by atoms with Crippen molar-refractivity contribution in [3.05, 3.63) is 65.2 Å². The van der Waals surface area contributed by atoms with Gasteiger partial charge in [0, 0.05) is 23.5 Å². The Bertz CT molecular complexity index is 738. The number of carbonyl (C=O) groups excluding carboxylic acids is 2. The van der Waals surface area contributed by atoms with Gasteiger partial charge < -0.3 is 10.2 Å². The molecule has 0 unspecified atom stereocenters. The lowest BCUT2D eigenvalue weighted by atomic mass is 10.1. The zero-order valence-electron chi connectivity index (χ0n) is 15.7. The molecular weight excluding hydrogens is 380 g/mol. The van der Waals surface area contributed by atoms with Crippen molar-refractivity contribution in [1.29, 1.82) is 0 Å². The molecule has 0 radical (unpaired) electrons. The minimum absolute atomic E-state index is 0.0404. The zero-order chi connectivity index (χ0) is 19.6. The summed E-state index contributed by atoms with van der Waals surface area (Å²) in [5.41, 5.74) is 1.15. The van der Waals surface area contributed by atoms with E-state index in [0.717, 1.165) is 10.5 Å². The van der Waals surface area contributed by atoms with Gasteiger partial charge >= 0.3 is 0 Å². The number of benzene rings is 2. The van der Waals surface area contributed by atoms with Crippen LogP contribution in [0.25, 0.3) is 0 Å². The smallest absolute Gasteiger partial charge is 0.242 e. The van der Waals surface area contributed by atoms with Crippen LogP contribution in [0.5, 0.6) is 0 Å². The molecule has 0 aliphatic rings. The minimum atomic E-state index is -0.461. The van der Waals surface area contributed by atoms with E-state index in [-0.39, 0.29) is 17.6 Å². The molecule has 0 aliphatic heterocycles. The summed E-state index contributed by atoms with van der Waals surface area (Å²) in [5.74, 6) is 0.112. The maximum Gasteiger partial charge on any atom is 0.242 e. The molecule has 0 heterocycles. The van der Waals surface area contributed by atoms with Gasteiger partial charge in [0.1, 0.15) is 6.04 Å². The molecule has 27 heavy (non-hydrogen) atoms. The fraction of sp³-hybridized carbons (Fsp3) is 0.333. The summed E-state index contributed by atoms with van der Waals surface area (Å²) in [6, 6.07) is 16.9. The highest BCUT2D eigenvalue weighted by molar-refractivity contribution is 8.00. The third-order valence-corrected chi connectivity index (χ3v) is 5.54. The van der Waals surface area contributed by atoms with Crippen molar-refractivity contribution in [2.75, 3.05) is 19.3 Å². The van der Waals surface area contributed by atoms with Gasteiger partial charge in [0.2, 0.25) is 11.8 Å². The Hall–Kier alpha value is -1.98. The first-order valence-corrected chi connectivity index (χ1v) is 10.3. The second-order valence-corrected chi connectivity index (χ2v) is 7.59. The average molecular weight is 405 g/mol. The second kappa shape index (κ2) is 11.0. The van der Waals surface area contributed by atoms with Crippen molar-refractivity contribution < 1.29 is 9.59 Å². The summed E-state index contributed by atoms with van der Waals surface area (Å²) < 4.78 is 0. The molecule has 0 fully saturated rings. The van der Waals surface area contributed by atoms with Crippen molar-refractivity contribution in [3.63, 3.8) is 0 Å². The lowest BCUT2D eigenvalue weighted by Gasteiger charge is -2.30. The fourth-order valence-electron chi connectivity index (χ4n) is 2.82. The molecule has 1 atom stereocenters. The Morgan fingerprint density at radius 3 is 2.37 bits per heavy atom. The van der Waals surface area contributed by atoms with Crippen molar-refractivity contribution >= 4 is 35.2 Å². The number of thioether (sulfide) groups is 1. The molecule has 0 aromatic heterocycles. The summed E-state index contributed by atoms with van der Waals surface area (Å²) in [5, 5.41) is 3.34. The lowest BCUT2D eigenvalue weighted by molar-refractivity contribution is -0.138. The third kappa shape index (κ3) is 6.60. The predicted molar refractivity (Wildman–Crippen MR) is 112 cm³/mol. The van der Waals surface area contributed by atoms with Crippen LogP contribution in [-0.2, 0) is 16.0 Å². The highest BCUT2D eigenvalue weighted by Gasteiger charge is 2.27. The molecule has 0 spiro atoms. The van der Waals surface area contributed by atoms with Crippen LogP contribution < -0.4 is 5.32 Å². The SMILES string of the molecule is CC[C@@H](C(=O)NC)N(CCc1ccccc1)C(=O)CSc1ccc(Cl)cc1. The molecule has 0 saturated heterocycles. The number of rotatable bonds is 9. The third-order valence-electron chi connectivity index (χ3n) is 4.29. The first kappa shape index (κ1) is 21.3. The summed E-state index contributed by atoms with van der Waals surface area (Å²) >= 11 is 7.36. The Morgan fingerprint density at radius 1 is 1.11 bits per heavy atom. The number of likely N-dealkylation sites (N-methyl/N-ethyl adjacent to an activating group) is 1. The van der Waals surface area contributed by atoms with Crippen LogP contribution in [0, 0.1) is 0 Å². The van der Waals surface area contributed by atoms with Gasteiger partial charge in [-0.05, 0) is 42.7 Å². The number of hydrogen-bond acceptors (Lipinski definition) is 3. The Kier molecular flexibility index (Phi) is 8.69. The van der Waals surface area contributed by atoms with E-state index in [1.807, 2.05) is 49.4 Å². The second-order valence-electron chi connectivity index (χ2n) is 6.10. The number of hydrogen-bond donors (Lipinski definition) is 1. The standard InChI is InChI=1S/C21H25ClN2O2S/c1-3-19(21(26)23-2)24(14-13-16-7-5-4-6-8-16)20(25)15-27-18-11-9-17(22)10-12-18/h4-12,19H,3,13-15H2,1-2H3,(H,23,26)/t19-/m0/s1. The van der Waals surface area contributed by atoms with Gasteiger partial charge in [-0.2, -0.15) is 0 Å². The molecule has 2 rings (SSSR count). The minimum Gasteiger partial charge on any atom is -0.357 e. The molecule has 2 aromatic rings. The fourth-order valence-corrected chi connectivity index (χ4v) is 3.73. The Morgan fingerprint density at radius 2 is 1.78 bits per heavy atom. The number of carbonyl (C=O) groups is 2. The number of amides is 2. The maximum atomic E-state index is 12.9. The maximum absolute atomic E-state index is 12.9. The molecule has 0 saturated carbocycles. The van der Waals surface area contributed by atoms with Crippen molar-refractivity contribution in [2.24, 2.45) is 0 Å². The summed E-state index contributed by atoms with van der Waals surface area (Å²) in [7, 11) is 1.60. The van der Waals surface area contributed by atoms with E-state index in [0.29, 0.717) is 24.4 Å². The van der Waals surface area contributed by atoms with Gasteiger partial charge in [0.25, 0.3) is 0 Å². The average Bonchev–Trinajstić information content (AvgIpc) is 2.70. The van der Waals surface area contributed by atoms with Gasteiger partial charge in [0.15, 0.2) is 0 Å². The molecule has 2 aromatic carbocycles. The van der Waals surface area contributed by atoms with Crippen LogP contribution in [-0.4, -0.2) is 42.1 Å². The van der Waals surface area contributed by atoms with E-state index in [9.17, 15) is 9.59 Å². The highest BCUT2D eigenvalue weighted by atomic mass is 35.5. The molecule has 1 N–H and O–H groups in total. The van der Waals surface area contributed by atoms with Gasteiger partial charge in [0.05, 0.1) is 5.75 Å². The Labute approximate surface area is 170 Å². The normalized spacial score (nSPS) is 11.7. The lowest BCUT2D eigenvalue weighted by Crippen LogP contribution is -2.50. The van der Waals surface area contributed by atoms with Crippen molar-refractivity contribution in [1.82, 2.24) is 10.2 Å². The number of nitrogens with zero attached hydrogens (tertiary/aromatic N) is 1. The number of halogens is 1. The van der Waals surface area contributed by atoms with E-state index < -0.39 is 6.04 Å². The molecule has 0 bridgehead atoms. The Balaban J connectivity index is 2.07. The summed E-state index contributed by atoms with van der Waals surface area (Å²) in [6.45, 7) is 2.44.